The third-order valence-corrected chi connectivity index (χ3v) is 3.01. The first-order chi connectivity index (χ1) is 6.74. The lowest BCUT2D eigenvalue weighted by atomic mass is 10.3. The molecule has 1 aromatic heterocycles. The predicted octanol–water partition coefficient (Wildman–Crippen LogP) is 1.68. The molecule has 0 saturated carbocycles. The van der Waals surface area contributed by atoms with E-state index in [1.807, 2.05) is 24.0 Å². The van der Waals surface area contributed by atoms with E-state index in [1.54, 1.807) is 11.8 Å². The standard InChI is InChI=1S/C10H17N3S/c1-4-11-7-9(2)8-14-10-12-5-6-13(10)3/h5-6,11H,2,4,7-8H2,1,3H3. The fourth-order valence-corrected chi connectivity index (χ4v) is 1.85. The number of likely N-dealkylation sites (N-methyl/N-ethyl adjacent to an activating group) is 1. The normalized spacial score (nSPS) is 10.4. The van der Waals surface area contributed by atoms with E-state index in [0.29, 0.717) is 0 Å². The van der Waals surface area contributed by atoms with E-state index < -0.39 is 0 Å². The highest BCUT2D eigenvalue weighted by atomic mass is 32.2. The lowest BCUT2D eigenvalue weighted by molar-refractivity contribution is 0.775. The third-order valence-electron chi connectivity index (χ3n) is 1.81. The third kappa shape index (κ3) is 3.55. The largest absolute Gasteiger partial charge is 0.329 e. The maximum absolute atomic E-state index is 4.23. The van der Waals surface area contributed by atoms with E-state index >= 15 is 0 Å². The summed E-state index contributed by atoms with van der Waals surface area (Å²) in [6, 6.07) is 0. The van der Waals surface area contributed by atoms with Crippen molar-refractivity contribution >= 4 is 11.8 Å². The second-order valence-electron chi connectivity index (χ2n) is 3.14. The Morgan fingerprint density at radius 1 is 1.71 bits per heavy atom. The molecular formula is C10H17N3S. The molecule has 3 nitrogen and oxygen atoms in total. The Hall–Kier alpha value is -0.740. The molecule has 0 saturated heterocycles. The Morgan fingerprint density at radius 3 is 3.07 bits per heavy atom. The smallest absolute Gasteiger partial charge is 0.167 e. The molecule has 4 heteroatoms. The average Bonchev–Trinajstić information content (AvgIpc) is 2.58. The van der Waals surface area contributed by atoms with Gasteiger partial charge in [0, 0.05) is 31.7 Å². The zero-order valence-corrected chi connectivity index (χ0v) is 9.60. The van der Waals surface area contributed by atoms with Crippen molar-refractivity contribution in [2.75, 3.05) is 18.8 Å². The van der Waals surface area contributed by atoms with E-state index in [1.165, 1.54) is 5.57 Å². The number of aryl methyl sites for hydroxylation is 1. The summed E-state index contributed by atoms with van der Waals surface area (Å²) < 4.78 is 2.02. The first-order valence-electron chi connectivity index (χ1n) is 4.71. The second-order valence-corrected chi connectivity index (χ2v) is 4.08. The van der Waals surface area contributed by atoms with Crippen LogP contribution in [0.1, 0.15) is 6.92 Å². The molecular weight excluding hydrogens is 194 g/mol. The summed E-state index contributed by atoms with van der Waals surface area (Å²) in [5.74, 6) is 0.928. The minimum absolute atomic E-state index is 0.897. The molecule has 78 valence electrons. The van der Waals surface area contributed by atoms with Gasteiger partial charge in [-0.1, -0.05) is 30.8 Å². The molecule has 0 unspecified atom stereocenters. The molecule has 0 aliphatic carbocycles. The van der Waals surface area contributed by atoms with Crippen LogP contribution in [0.2, 0.25) is 0 Å². The SMILES string of the molecule is C=C(CNCC)CSc1nccn1C. The Balaban J connectivity index is 2.27. The Morgan fingerprint density at radius 2 is 2.50 bits per heavy atom. The highest BCUT2D eigenvalue weighted by molar-refractivity contribution is 7.99. The fraction of sp³-hybridized carbons (Fsp3) is 0.500. The first-order valence-corrected chi connectivity index (χ1v) is 5.70. The molecule has 0 spiro atoms. The van der Waals surface area contributed by atoms with Gasteiger partial charge in [-0.05, 0) is 6.54 Å². The molecule has 1 rings (SSSR count). The number of imidazole rings is 1. The minimum Gasteiger partial charge on any atom is -0.329 e. The van der Waals surface area contributed by atoms with Crippen LogP contribution in [0.25, 0.3) is 0 Å². The van der Waals surface area contributed by atoms with Crippen LogP contribution in [0.5, 0.6) is 0 Å². The zero-order chi connectivity index (χ0) is 10.4. The first kappa shape index (κ1) is 11.3. The monoisotopic (exact) mass is 211 g/mol. The number of hydrogen-bond acceptors (Lipinski definition) is 3. The van der Waals surface area contributed by atoms with Crippen molar-refractivity contribution in [3.8, 4) is 0 Å². The molecule has 0 aromatic carbocycles. The Kier molecular flexibility index (Phi) is 4.76. The van der Waals surface area contributed by atoms with Crippen LogP contribution in [0.3, 0.4) is 0 Å². The highest BCUT2D eigenvalue weighted by Gasteiger charge is 2.00. The van der Waals surface area contributed by atoms with Crippen molar-refractivity contribution in [3.63, 3.8) is 0 Å². The van der Waals surface area contributed by atoms with Crippen LogP contribution in [-0.2, 0) is 7.05 Å². The van der Waals surface area contributed by atoms with Gasteiger partial charge in [0.2, 0.25) is 0 Å². The molecule has 1 N–H and O–H groups in total. The topological polar surface area (TPSA) is 29.9 Å². The minimum atomic E-state index is 0.897. The summed E-state index contributed by atoms with van der Waals surface area (Å²) >= 11 is 1.72. The van der Waals surface area contributed by atoms with Gasteiger partial charge in [-0.15, -0.1) is 0 Å². The molecule has 0 amide bonds. The number of rotatable bonds is 6. The van der Waals surface area contributed by atoms with Crippen LogP contribution >= 0.6 is 11.8 Å². The van der Waals surface area contributed by atoms with Gasteiger partial charge in [0.15, 0.2) is 5.16 Å². The van der Waals surface area contributed by atoms with Crippen molar-refractivity contribution in [1.29, 1.82) is 0 Å². The Bertz CT molecular complexity index is 293. The van der Waals surface area contributed by atoms with E-state index in [-0.39, 0.29) is 0 Å². The summed E-state index contributed by atoms with van der Waals surface area (Å²) in [5.41, 5.74) is 1.21. The summed E-state index contributed by atoms with van der Waals surface area (Å²) in [7, 11) is 2.00. The number of aromatic nitrogens is 2. The number of nitrogens with zero attached hydrogens (tertiary/aromatic N) is 2. The molecule has 0 atom stereocenters. The van der Waals surface area contributed by atoms with Crippen molar-refractivity contribution in [2.24, 2.45) is 7.05 Å². The lowest BCUT2D eigenvalue weighted by Gasteiger charge is -2.05. The van der Waals surface area contributed by atoms with Crippen LogP contribution in [0.15, 0.2) is 29.7 Å². The van der Waals surface area contributed by atoms with Gasteiger partial charge in [-0.25, -0.2) is 4.98 Å². The molecule has 0 radical (unpaired) electrons. The second kappa shape index (κ2) is 5.88. The van der Waals surface area contributed by atoms with Gasteiger partial charge >= 0.3 is 0 Å². The number of nitrogens with one attached hydrogen (secondary N) is 1. The van der Waals surface area contributed by atoms with Crippen LogP contribution in [-0.4, -0.2) is 28.4 Å². The van der Waals surface area contributed by atoms with Gasteiger partial charge in [0.25, 0.3) is 0 Å². The van der Waals surface area contributed by atoms with Crippen molar-refractivity contribution in [1.82, 2.24) is 14.9 Å². The summed E-state index contributed by atoms with van der Waals surface area (Å²) in [5, 5.41) is 4.30. The molecule has 14 heavy (non-hydrogen) atoms. The lowest BCUT2D eigenvalue weighted by Crippen LogP contribution is -2.16. The van der Waals surface area contributed by atoms with E-state index in [4.69, 9.17) is 0 Å². The van der Waals surface area contributed by atoms with E-state index in [9.17, 15) is 0 Å². The Labute approximate surface area is 89.6 Å². The average molecular weight is 211 g/mol. The molecule has 1 heterocycles. The molecule has 0 aliphatic rings. The van der Waals surface area contributed by atoms with Crippen molar-refractivity contribution in [3.05, 3.63) is 24.5 Å². The van der Waals surface area contributed by atoms with Crippen LogP contribution < -0.4 is 5.32 Å². The molecule has 0 fully saturated rings. The van der Waals surface area contributed by atoms with Gasteiger partial charge < -0.3 is 9.88 Å². The fourth-order valence-electron chi connectivity index (χ4n) is 1.01. The van der Waals surface area contributed by atoms with Crippen molar-refractivity contribution < 1.29 is 0 Å². The highest BCUT2D eigenvalue weighted by Crippen LogP contribution is 2.16. The molecule has 0 bridgehead atoms. The van der Waals surface area contributed by atoms with Crippen LogP contribution in [0.4, 0.5) is 0 Å². The zero-order valence-electron chi connectivity index (χ0n) is 8.79. The number of thioether (sulfide) groups is 1. The summed E-state index contributed by atoms with van der Waals surface area (Å²) in [6.07, 6.45) is 3.77. The van der Waals surface area contributed by atoms with Gasteiger partial charge in [-0.3, -0.25) is 0 Å². The van der Waals surface area contributed by atoms with Gasteiger partial charge in [0.1, 0.15) is 0 Å². The number of hydrogen-bond donors (Lipinski definition) is 1. The maximum Gasteiger partial charge on any atom is 0.167 e. The van der Waals surface area contributed by atoms with Crippen LogP contribution in [0, 0.1) is 0 Å². The quantitative estimate of drug-likeness (QED) is 0.573. The van der Waals surface area contributed by atoms with Gasteiger partial charge in [-0.2, -0.15) is 0 Å². The van der Waals surface area contributed by atoms with Crippen molar-refractivity contribution in [2.45, 2.75) is 12.1 Å². The van der Waals surface area contributed by atoms with E-state index in [2.05, 4.69) is 23.8 Å². The summed E-state index contributed by atoms with van der Waals surface area (Å²) in [4.78, 5) is 4.23. The molecule has 0 aliphatic heterocycles. The predicted molar refractivity (Wildman–Crippen MR) is 61.6 cm³/mol. The maximum atomic E-state index is 4.23. The van der Waals surface area contributed by atoms with E-state index in [0.717, 1.165) is 24.0 Å². The van der Waals surface area contributed by atoms with Gasteiger partial charge in [0.05, 0.1) is 0 Å². The molecule has 1 aromatic rings. The summed E-state index contributed by atoms with van der Waals surface area (Å²) in [6.45, 7) is 7.99.